The molecule has 3 rings (SSSR count). The molecule has 1 aliphatic carbocycles. The molecule has 0 saturated carbocycles. The molecule has 94 valence electrons. The molecule has 1 aliphatic heterocycles. The zero-order valence-electron chi connectivity index (χ0n) is 10.4. The number of hydrogen-bond donors (Lipinski definition) is 1. The molecule has 1 N–H and O–H groups in total. The van der Waals surface area contributed by atoms with Gasteiger partial charge in [-0.1, -0.05) is 0 Å². The van der Waals surface area contributed by atoms with Gasteiger partial charge in [0.05, 0.1) is 11.7 Å². The SMILES string of the molecule is N#Cc1cc2c(nc1N1CCC(O)C1)CCCC2. The zero-order chi connectivity index (χ0) is 12.5. The number of hydrogen-bond acceptors (Lipinski definition) is 4. The molecule has 1 atom stereocenters. The summed E-state index contributed by atoms with van der Waals surface area (Å²) in [5.74, 6) is 0.773. The summed E-state index contributed by atoms with van der Waals surface area (Å²) in [6, 6.07) is 4.25. The van der Waals surface area contributed by atoms with Gasteiger partial charge in [0, 0.05) is 18.8 Å². The lowest BCUT2D eigenvalue weighted by Gasteiger charge is -2.22. The minimum atomic E-state index is -0.283. The van der Waals surface area contributed by atoms with Crippen LogP contribution >= 0.6 is 0 Å². The van der Waals surface area contributed by atoms with Crippen molar-refractivity contribution in [2.24, 2.45) is 0 Å². The number of fused-ring (bicyclic) bond motifs is 1. The number of aliphatic hydroxyl groups excluding tert-OH is 1. The molecular formula is C14H17N3O. The highest BCUT2D eigenvalue weighted by molar-refractivity contribution is 5.57. The number of pyridine rings is 1. The summed E-state index contributed by atoms with van der Waals surface area (Å²) in [4.78, 5) is 6.73. The third-order valence-corrected chi connectivity index (χ3v) is 3.86. The first-order chi connectivity index (χ1) is 8.78. The van der Waals surface area contributed by atoms with E-state index in [0.717, 1.165) is 37.3 Å². The maximum absolute atomic E-state index is 9.61. The average molecular weight is 243 g/mol. The van der Waals surface area contributed by atoms with E-state index in [-0.39, 0.29) is 6.10 Å². The van der Waals surface area contributed by atoms with Crippen molar-refractivity contribution >= 4 is 5.82 Å². The lowest BCUT2D eigenvalue weighted by atomic mass is 9.95. The van der Waals surface area contributed by atoms with Crippen LogP contribution in [0.3, 0.4) is 0 Å². The van der Waals surface area contributed by atoms with E-state index >= 15 is 0 Å². The molecule has 18 heavy (non-hydrogen) atoms. The first-order valence-electron chi connectivity index (χ1n) is 6.64. The van der Waals surface area contributed by atoms with Gasteiger partial charge in [0.25, 0.3) is 0 Å². The summed E-state index contributed by atoms with van der Waals surface area (Å²) in [5, 5.41) is 18.9. The lowest BCUT2D eigenvalue weighted by molar-refractivity contribution is 0.198. The van der Waals surface area contributed by atoms with E-state index in [1.54, 1.807) is 0 Å². The van der Waals surface area contributed by atoms with E-state index in [1.807, 2.05) is 11.0 Å². The van der Waals surface area contributed by atoms with Crippen LogP contribution < -0.4 is 4.90 Å². The quantitative estimate of drug-likeness (QED) is 0.810. The van der Waals surface area contributed by atoms with Crippen LogP contribution in [0, 0.1) is 11.3 Å². The van der Waals surface area contributed by atoms with Gasteiger partial charge < -0.3 is 10.0 Å². The predicted octanol–water partition coefficient (Wildman–Crippen LogP) is 1.40. The van der Waals surface area contributed by atoms with Gasteiger partial charge in [0.15, 0.2) is 0 Å². The minimum Gasteiger partial charge on any atom is -0.391 e. The normalized spacial score (nSPS) is 22.7. The highest BCUT2D eigenvalue weighted by Crippen LogP contribution is 2.28. The minimum absolute atomic E-state index is 0.283. The van der Waals surface area contributed by atoms with Crippen molar-refractivity contribution in [1.29, 1.82) is 5.26 Å². The Hall–Kier alpha value is -1.60. The summed E-state index contributed by atoms with van der Waals surface area (Å²) >= 11 is 0. The fourth-order valence-corrected chi connectivity index (χ4v) is 2.88. The van der Waals surface area contributed by atoms with E-state index < -0.39 is 0 Å². The highest BCUT2D eigenvalue weighted by Gasteiger charge is 2.25. The molecule has 1 aromatic rings. The van der Waals surface area contributed by atoms with Crippen molar-refractivity contribution in [3.8, 4) is 6.07 Å². The Labute approximate surface area is 107 Å². The Morgan fingerprint density at radius 2 is 2.22 bits per heavy atom. The van der Waals surface area contributed by atoms with E-state index in [0.29, 0.717) is 12.1 Å². The summed E-state index contributed by atoms with van der Waals surface area (Å²) in [5.41, 5.74) is 3.04. The van der Waals surface area contributed by atoms with Gasteiger partial charge in [-0.3, -0.25) is 0 Å². The number of nitrogens with zero attached hydrogens (tertiary/aromatic N) is 3. The number of aromatic nitrogens is 1. The summed E-state index contributed by atoms with van der Waals surface area (Å²) in [6.45, 7) is 1.39. The van der Waals surface area contributed by atoms with Crippen molar-refractivity contribution in [3.05, 3.63) is 22.9 Å². The first-order valence-corrected chi connectivity index (χ1v) is 6.64. The highest BCUT2D eigenvalue weighted by atomic mass is 16.3. The zero-order valence-corrected chi connectivity index (χ0v) is 10.4. The third kappa shape index (κ3) is 1.95. The molecular weight excluding hydrogens is 226 g/mol. The first kappa shape index (κ1) is 11.5. The number of aryl methyl sites for hydroxylation is 2. The van der Waals surface area contributed by atoms with Gasteiger partial charge in [-0.2, -0.15) is 5.26 Å². The Kier molecular flexibility index (Phi) is 2.92. The number of β-amino-alcohol motifs (C(OH)–C–C–N with tert-alkyl or cyclic N) is 1. The van der Waals surface area contributed by atoms with Crippen molar-refractivity contribution in [2.45, 2.75) is 38.2 Å². The number of rotatable bonds is 1. The van der Waals surface area contributed by atoms with E-state index in [9.17, 15) is 10.4 Å². The van der Waals surface area contributed by atoms with Gasteiger partial charge in [-0.25, -0.2) is 4.98 Å². The maximum Gasteiger partial charge on any atom is 0.146 e. The largest absolute Gasteiger partial charge is 0.391 e. The van der Waals surface area contributed by atoms with Crippen LogP contribution in [0.25, 0.3) is 0 Å². The van der Waals surface area contributed by atoms with Gasteiger partial charge in [0.2, 0.25) is 0 Å². The van der Waals surface area contributed by atoms with Crippen LogP contribution in [0.5, 0.6) is 0 Å². The number of nitriles is 1. The van der Waals surface area contributed by atoms with Gasteiger partial charge in [0.1, 0.15) is 11.9 Å². The smallest absolute Gasteiger partial charge is 0.146 e. The fraction of sp³-hybridized carbons (Fsp3) is 0.571. The molecule has 0 bridgehead atoms. The molecule has 0 spiro atoms. The van der Waals surface area contributed by atoms with Gasteiger partial charge >= 0.3 is 0 Å². The second-order valence-corrected chi connectivity index (χ2v) is 5.17. The Bertz CT molecular complexity index is 506. The molecule has 0 amide bonds. The molecule has 1 unspecified atom stereocenters. The van der Waals surface area contributed by atoms with Crippen LogP contribution in [0.4, 0.5) is 5.82 Å². The summed E-state index contributed by atoms with van der Waals surface area (Å²) < 4.78 is 0. The number of anilines is 1. The summed E-state index contributed by atoms with van der Waals surface area (Å²) in [6.07, 6.45) is 4.93. The average Bonchev–Trinajstić information content (AvgIpc) is 2.83. The van der Waals surface area contributed by atoms with Crippen molar-refractivity contribution < 1.29 is 5.11 Å². The molecule has 0 aromatic carbocycles. The second-order valence-electron chi connectivity index (χ2n) is 5.17. The topological polar surface area (TPSA) is 60.2 Å². The van der Waals surface area contributed by atoms with E-state index in [4.69, 9.17) is 4.98 Å². The number of aliphatic hydroxyl groups is 1. The van der Waals surface area contributed by atoms with Crippen LogP contribution in [0.15, 0.2) is 6.07 Å². The lowest BCUT2D eigenvalue weighted by Crippen LogP contribution is -2.24. The van der Waals surface area contributed by atoms with Crippen LogP contribution in [0.2, 0.25) is 0 Å². The molecule has 2 heterocycles. The van der Waals surface area contributed by atoms with Crippen molar-refractivity contribution in [1.82, 2.24) is 4.98 Å². The van der Waals surface area contributed by atoms with Crippen LogP contribution in [0.1, 0.15) is 36.1 Å². The fourth-order valence-electron chi connectivity index (χ4n) is 2.88. The van der Waals surface area contributed by atoms with Gasteiger partial charge in [-0.05, 0) is 43.7 Å². The second kappa shape index (κ2) is 4.58. The molecule has 4 heteroatoms. The van der Waals surface area contributed by atoms with Crippen LogP contribution in [-0.4, -0.2) is 29.3 Å². The molecule has 1 fully saturated rings. The Morgan fingerprint density at radius 1 is 1.39 bits per heavy atom. The van der Waals surface area contributed by atoms with Gasteiger partial charge in [-0.15, -0.1) is 0 Å². The van der Waals surface area contributed by atoms with Crippen molar-refractivity contribution in [3.63, 3.8) is 0 Å². The molecule has 0 radical (unpaired) electrons. The summed E-state index contributed by atoms with van der Waals surface area (Å²) in [7, 11) is 0. The predicted molar refractivity (Wildman–Crippen MR) is 68.4 cm³/mol. The third-order valence-electron chi connectivity index (χ3n) is 3.86. The van der Waals surface area contributed by atoms with E-state index in [1.165, 1.54) is 18.4 Å². The molecule has 1 aromatic heterocycles. The standard InChI is InChI=1S/C14H17N3O/c15-8-11-7-10-3-1-2-4-13(10)16-14(11)17-6-5-12(18)9-17/h7,12,18H,1-6,9H2. The Balaban J connectivity index is 2.00. The maximum atomic E-state index is 9.61. The Morgan fingerprint density at radius 3 is 2.94 bits per heavy atom. The van der Waals surface area contributed by atoms with Crippen molar-refractivity contribution in [2.75, 3.05) is 18.0 Å². The van der Waals surface area contributed by atoms with E-state index in [2.05, 4.69) is 6.07 Å². The monoisotopic (exact) mass is 243 g/mol. The molecule has 1 saturated heterocycles. The molecule has 4 nitrogen and oxygen atoms in total. The molecule has 2 aliphatic rings. The van der Waals surface area contributed by atoms with Crippen LogP contribution in [-0.2, 0) is 12.8 Å².